The molecule has 0 aromatic heterocycles. The molecule has 0 unspecified atom stereocenters. The number of piperazine rings is 1. The predicted molar refractivity (Wildman–Crippen MR) is 83.7 cm³/mol. The summed E-state index contributed by atoms with van der Waals surface area (Å²) in [4.78, 5) is 1.56. The first-order valence-corrected chi connectivity index (χ1v) is 7.24. The monoisotopic (exact) mass is 299 g/mol. The van der Waals surface area contributed by atoms with Crippen LogP contribution in [0.2, 0.25) is 5.02 Å². The van der Waals surface area contributed by atoms with Crippen molar-refractivity contribution in [3.8, 4) is 0 Å². The zero-order valence-electron chi connectivity index (χ0n) is 11.3. The summed E-state index contributed by atoms with van der Waals surface area (Å²) >= 11 is 11.4. The van der Waals surface area contributed by atoms with E-state index in [4.69, 9.17) is 23.8 Å². The van der Waals surface area contributed by atoms with Gasteiger partial charge in [0.15, 0.2) is 5.11 Å². The number of rotatable bonds is 2. The van der Waals surface area contributed by atoms with E-state index in [1.54, 1.807) is 4.90 Å². The van der Waals surface area contributed by atoms with E-state index in [1.807, 2.05) is 25.1 Å². The van der Waals surface area contributed by atoms with Crippen molar-refractivity contribution >= 4 is 34.6 Å². The van der Waals surface area contributed by atoms with Gasteiger partial charge in [-0.1, -0.05) is 17.7 Å². The molecule has 1 aliphatic heterocycles. The van der Waals surface area contributed by atoms with E-state index in [2.05, 4.69) is 22.8 Å². The highest BCUT2D eigenvalue weighted by atomic mass is 35.5. The molecule has 0 amide bonds. The summed E-state index contributed by atoms with van der Waals surface area (Å²) in [6.07, 6.45) is 0. The van der Waals surface area contributed by atoms with Crippen LogP contribution in [0.5, 0.6) is 0 Å². The summed E-state index contributed by atoms with van der Waals surface area (Å²) in [5, 5.41) is 6.71. The molecule has 0 spiro atoms. The molecule has 0 saturated carbocycles. The summed E-state index contributed by atoms with van der Waals surface area (Å²) in [6, 6.07) is 5.77. The molecular weight excluding hydrogens is 280 g/mol. The van der Waals surface area contributed by atoms with Gasteiger partial charge < -0.3 is 10.2 Å². The Bertz CT molecular complexity index is 458. The molecule has 3 N–H and O–H groups in total. The smallest absolute Gasteiger partial charge is 0.185 e. The normalized spacial score (nSPS) is 17.2. The Kier molecular flexibility index (Phi) is 4.99. The summed E-state index contributed by atoms with van der Waals surface area (Å²) < 4.78 is 0. The Balaban J connectivity index is 1.89. The zero-order valence-corrected chi connectivity index (χ0v) is 12.9. The highest BCUT2D eigenvalue weighted by molar-refractivity contribution is 7.80. The molecule has 1 aromatic rings. The number of hydrogen-bond donors (Lipinski definition) is 3. The van der Waals surface area contributed by atoms with Crippen LogP contribution < -0.4 is 15.6 Å². The second kappa shape index (κ2) is 6.52. The van der Waals surface area contributed by atoms with Crippen LogP contribution in [-0.4, -0.2) is 43.3 Å². The van der Waals surface area contributed by atoms with Crippen molar-refractivity contribution in [2.75, 3.05) is 38.5 Å². The van der Waals surface area contributed by atoms with Gasteiger partial charge in [0.25, 0.3) is 0 Å². The molecule has 6 heteroatoms. The van der Waals surface area contributed by atoms with E-state index in [9.17, 15) is 0 Å². The summed E-state index contributed by atoms with van der Waals surface area (Å²) in [5.41, 5.74) is 5.19. The van der Waals surface area contributed by atoms with Crippen molar-refractivity contribution in [2.45, 2.75) is 6.92 Å². The minimum absolute atomic E-state index is 0.616. The number of quaternary nitrogens is 1. The van der Waals surface area contributed by atoms with Crippen LogP contribution in [0.3, 0.4) is 0 Å². The van der Waals surface area contributed by atoms with E-state index in [0.717, 1.165) is 42.5 Å². The second-order valence-corrected chi connectivity index (χ2v) is 5.74. The van der Waals surface area contributed by atoms with Crippen molar-refractivity contribution in [1.82, 2.24) is 10.4 Å². The third-order valence-corrected chi connectivity index (χ3v) is 4.00. The van der Waals surface area contributed by atoms with Crippen LogP contribution >= 0.6 is 23.8 Å². The maximum atomic E-state index is 6.09. The van der Waals surface area contributed by atoms with Gasteiger partial charge in [-0.3, -0.25) is 5.43 Å². The average molecular weight is 300 g/mol. The number of thiocarbonyl (C=S) groups is 1. The molecule has 0 aliphatic carbocycles. The standard InChI is InChI=1S/C13H19ClN4S/c1-10-11(14)4-3-5-12(10)15-13(19)16-18-8-6-17(2)7-9-18/h3-5H,6-9H2,1-2H3,(H2,15,16,19)/p+1. The molecule has 0 atom stereocenters. The minimum Gasteiger partial charge on any atom is -0.335 e. The molecule has 1 heterocycles. The van der Waals surface area contributed by atoms with Crippen LogP contribution in [0.15, 0.2) is 18.2 Å². The lowest BCUT2D eigenvalue weighted by atomic mass is 10.2. The van der Waals surface area contributed by atoms with Crippen molar-refractivity contribution in [3.05, 3.63) is 28.8 Å². The molecule has 19 heavy (non-hydrogen) atoms. The van der Waals surface area contributed by atoms with Crippen LogP contribution in [0, 0.1) is 6.92 Å². The van der Waals surface area contributed by atoms with Gasteiger partial charge in [0.2, 0.25) is 0 Å². The first-order valence-electron chi connectivity index (χ1n) is 6.45. The zero-order chi connectivity index (χ0) is 13.8. The van der Waals surface area contributed by atoms with Crippen LogP contribution in [-0.2, 0) is 0 Å². The van der Waals surface area contributed by atoms with Gasteiger partial charge in [-0.2, -0.15) is 0 Å². The van der Waals surface area contributed by atoms with Crippen molar-refractivity contribution in [1.29, 1.82) is 0 Å². The molecule has 0 bridgehead atoms. The fourth-order valence-corrected chi connectivity index (χ4v) is 2.45. The Labute approximate surface area is 124 Å². The lowest BCUT2D eigenvalue weighted by Crippen LogP contribution is -3.12. The average Bonchev–Trinajstić information content (AvgIpc) is 2.38. The van der Waals surface area contributed by atoms with E-state index in [0.29, 0.717) is 5.11 Å². The molecule has 104 valence electrons. The Hall–Kier alpha value is -0.880. The Morgan fingerprint density at radius 1 is 1.37 bits per heavy atom. The summed E-state index contributed by atoms with van der Waals surface area (Å²) in [7, 11) is 2.21. The van der Waals surface area contributed by atoms with Crippen LogP contribution in [0.25, 0.3) is 0 Å². The number of nitrogens with one attached hydrogen (secondary N) is 3. The number of benzene rings is 1. The molecule has 1 saturated heterocycles. The minimum atomic E-state index is 0.616. The quantitative estimate of drug-likeness (QED) is 0.701. The van der Waals surface area contributed by atoms with E-state index < -0.39 is 0 Å². The predicted octanol–water partition coefficient (Wildman–Crippen LogP) is 0.680. The van der Waals surface area contributed by atoms with E-state index >= 15 is 0 Å². The highest BCUT2D eigenvalue weighted by Gasteiger charge is 2.17. The molecule has 1 aliphatic rings. The van der Waals surface area contributed by atoms with Crippen molar-refractivity contribution < 1.29 is 4.90 Å². The topological polar surface area (TPSA) is 31.7 Å². The summed E-state index contributed by atoms with van der Waals surface area (Å²) in [5.74, 6) is 0. The maximum absolute atomic E-state index is 6.09. The first kappa shape index (κ1) is 14.5. The highest BCUT2D eigenvalue weighted by Crippen LogP contribution is 2.22. The third kappa shape index (κ3) is 4.04. The lowest BCUT2D eigenvalue weighted by Gasteiger charge is -2.31. The van der Waals surface area contributed by atoms with E-state index in [1.165, 1.54) is 0 Å². The Morgan fingerprint density at radius 2 is 2.05 bits per heavy atom. The fraction of sp³-hybridized carbons (Fsp3) is 0.462. The largest absolute Gasteiger partial charge is 0.335 e. The molecule has 2 rings (SSSR count). The maximum Gasteiger partial charge on any atom is 0.185 e. The lowest BCUT2D eigenvalue weighted by molar-refractivity contribution is -0.884. The first-order chi connectivity index (χ1) is 9.06. The fourth-order valence-electron chi connectivity index (χ4n) is 2.04. The number of anilines is 1. The number of nitrogens with zero attached hydrogens (tertiary/aromatic N) is 1. The molecule has 1 aromatic carbocycles. The molecular formula is C13H20ClN4S+. The third-order valence-electron chi connectivity index (χ3n) is 3.39. The second-order valence-electron chi connectivity index (χ2n) is 4.92. The van der Waals surface area contributed by atoms with Gasteiger partial charge in [0, 0.05) is 10.7 Å². The van der Waals surface area contributed by atoms with Gasteiger partial charge in [0.1, 0.15) is 0 Å². The van der Waals surface area contributed by atoms with Crippen LogP contribution in [0.1, 0.15) is 5.56 Å². The SMILES string of the molecule is Cc1c(Cl)cccc1NC(=S)NN1CC[NH+](C)CC1. The Morgan fingerprint density at radius 3 is 2.74 bits per heavy atom. The van der Waals surface area contributed by atoms with Crippen molar-refractivity contribution in [2.24, 2.45) is 0 Å². The van der Waals surface area contributed by atoms with Gasteiger partial charge in [-0.25, -0.2) is 5.01 Å². The van der Waals surface area contributed by atoms with Crippen LogP contribution in [0.4, 0.5) is 5.69 Å². The van der Waals surface area contributed by atoms with Gasteiger partial charge >= 0.3 is 0 Å². The van der Waals surface area contributed by atoms with Gasteiger partial charge in [-0.05, 0) is 36.8 Å². The summed E-state index contributed by atoms with van der Waals surface area (Å²) in [6.45, 7) is 6.24. The van der Waals surface area contributed by atoms with Gasteiger partial charge in [-0.15, -0.1) is 0 Å². The number of halogens is 1. The van der Waals surface area contributed by atoms with Gasteiger partial charge in [0.05, 0.1) is 33.2 Å². The molecule has 1 fully saturated rings. The van der Waals surface area contributed by atoms with E-state index in [-0.39, 0.29) is 0 Å². The van der Waals surface area contributed by atoms with Crippen molar-refractivity contribution in [3.63, 3.8) is 0 Å². The number of hydrogen-bond acceptors (Lipinski definition) is 2. The number of hydrazine groups is 1. The number of likely N-dealkylation sites (N-methyl/N-ethyl adjacent to an activating group) is 1. The molecule has 0 radical (unpaired) electrons. The molecule has 4 nitrogen and oxygen atoms in total.